The average Bonchev–Trinajstić information content (AvgIpc) is 2.03. The Morgan fingerprint density at radius 1 is 1.27 bits per heavy atom. The zero-order chi connectivity index (χ0) is 8.69. The van der Waals surface area contributed by atoms with Crippen molar-refractivity contribution in [3.05, 3.63) is 0 Å². The summed E-state index contributed by atoms with van der Waals surface area (Å²) in [6.45, 7) is 5.35. The lowest BCUT2D eigenvalue weighted by atomic mass is 10.3. The predicted molar refractivity (Wildman–Crippen MR) is 43.2 cm³/mol. The van der Waals surface area contributed by atoms with Crippen molar-refractivity contribution in [2.75, 3.05) is 13.1 Å². The van der Waals surface area contributed by atoms with Crippen molar-refractivity contribution in [1.82, 2.24) is 4.90 Å². The smallest absolute Gasteiger partial charge is 0.286 e. The van der Waals surface area contributed by atoms with Gasteiger partial charge in [0.2, 0.25) is 6.29 Å². The highest BCUT2D eigenvalue weighted by atomic mass is 16.2. The summed E-state index contributed by atoms with van der Waals surface area (Å²) >= 11 is 0. The van der Waals surface area contributed by atoms with Crippen LogP contribution in [0.2, 0.25) is 0 Å². The molecule has 0 N–H and O–H groups in total. The van der Waals surface area contributed by atoms with Gasteiger partial charge in [0, 0.05) is 13.1 Å². The topological polar surface area (TPSA) is 37.4 Å². The van der Waals surface area contributed by atoms with Crippen LogP contribution in [0.25, 0.3) is 0 Å². The second kappa shape index (κ2) is 5.89. The monoisotopic (exact) mass is 157 g/mol. The van der Waals surface area contributed by atoms with E-state index in [1.54, 1.807) is 4.90 Å². The van der Waals surface area contributed by atoms with E-state index in [-0.39, 0.29) is 0 Å². The van der Waals surface area contributed by atoms with Gasteiger partial charge < -0.3 is 4.90 Å². The third kappa shape index (κ3) is 3.75. The van der Waals surface area contributed by atoms with E-state index in [1.165, 1.54) is 0 Å². The van der Waals surface area contributed by atoms with Crippen molar-refractivity contribution in [2.45, 2.75) is 26.7 Å². The first-order chi connectivity index (χ1) is 5.26. The molecule has 0 atom stereocenters. The number of amides is 1. The minimum absolute atomic E-state index is 0.380. The number of carbonyl (C=O) groups excluding carboxylic acids is 2. The van der Waals surface area contributed by atoms with Crippen molar-refractivity contribution in [3.63, 3.8) is 0 Å². The minimum atomic E-state index is -0.395. The minimum Gasteiger partial charge on any atom is -0.336 e. The van der Waals surface area contributed by atoms with E-state index in [9.17, 15) is 9.59 Å². The normalized spacial score (nSPS) is 9.27. The summed E-state index contributed by atoms with van der Waals surface area (Å²) in [5.74, 6) is -0.395. The molecule has 0 saturated carbocycles. The van der Waals surface area contributed by atoms with Gasteiger partial charge >= 0.3 is 0 Å². The molecule has 0 spiro atoms. The first-order valence-corrected chi connectivity index (χ1v) is 4.00. The first kappa shape index (κ1) is 10.1. The van der Waals surface area contributed by atoms with Gasteiger partial charge in [0.1, 0.15) is 0 Å². The Hall–Kier alpha value is -0.860. The van der Waals surface area contributed by atoms with Gasteiger partial charge in [-0.05, 0) is 12.8 Å². The van der Waals surface area contributed by atoms with Gasteiger partial charge in [-0.3, -0.25) is 9.59 Å². The van der Waals surface area contributed by atoms with Crippen LogP contribution >= 0.6 is 0 Å². The SMILES string of the molecule is CCCN(CCC)C(=O)C=O. The summed E-state index contributed by atoms with van der Waals surface area (Å²) in [5, 5.41) is 0. The molecule has 0 saturated heterocycles. The molecule has 1 amide bonds. The molecule has 3 nitrogen and oxygen atoms in total. The maximum absolute atomic E-state index is 10.8. The van der Waals surface area contributed by atoms with E-state index in [2.05, 4.69) is 0 Å². The van der Waals surface area contributed by atoms with Crippen LogP contribution in [0.4, 0.5) is 0 Å². The van der Waals surface area contributed by atoms with Gasteiger partial charge in [0.25, 0.3) is 5.91 Å². The zero-order valence-corrected chi connectivity index (χ0v) is 7.17. The van der Waals surface area contributed by atoms with Crippen LogP contribution in [0.3, 0.4) is 0 Å². The number of carbonyl (C=O) groups is 2. The van der Waals surface area contributed by atoms with Gasteiger partial charge in [-0.15, -0.1) is 0 Å². The highest BCUT2D eigenvalue weighted by Gasteiger charge is 2.08. The molecule has 0 aromatic rings. The lowest BCUT2D eigenvalue weighted by Crippen LogP contribution is -2.33. The standard InChI is InChI=1S/C8H15NO2/c1-3-5-9(6-4-2)8(11)7-10/h7H,3-6H2,1-2H3. The fraction of sp³-hybridized carbons (Fsp3) is 0.750. The quantitative estimate of drug-likeness (QED) is 0.438. The molecule has 0 aliphatic heterocycles. The third-order valence-electron chi connectivity index (χ3n) is 1.40. The van der Waals surface area contributed by atoms with Crippen molar-refractivity contribution < 1.29 is 9.59 Å². The number of nitrogens with zero attached hydrogens (tertiary/aromatic N) is 1. The molecule has 0 aliphatic rings. The van der Waals surface area contributed by atoms with E-state index in [0.29, 0.717) is 19.4 Å². The van der Waals surface area contributed by atoms with Crippen molar-refractivity contribution in [3.8, 4) is 0 Å². The molecule has 0 aliphatic carbocycles. The highest BCUT2D eigenvalue weighted by molar-refractivity contribution is 6.23. The summed E-state index contributed by atoms with van der Waals surface area (Å²) in [4.78, 5) is 22.5. The molecule has 0 heterocycles. The Balaban J connectivity index is 3.86. The Morgan fingerprint density at radius 2 is 1.73 bits per heavy atom. The van der Waals surface area contributed by atoms with Crippen molar-refractivity contribution in [1.29, 1.82) is 0 Å². The number of hydrogen-bond acceptors (Lipinski definition) is 2. The number of aldehydes is 1. The Bertz CT molecular complexity index is 128. The molecule has 0 aromatic carbocycles. The Morgan fingerprint density at radius 3 is 2.00 bits per heavy atom. The molecule has 0 rings (SSSR count). The molecule has 11 heavy (non-hydrogen) atoms. The van der Waals surface area contributed by atoms with E-state index >= 15 is 0 Å². The first-order valence-electron chi connectivity index (χ1n) is 4.00. The number of hydrogen-bond donors (Lipinski definition) is 0. The van der Waals surface area contributed by atoms with Crippen molar-refractivity contribution >= 4 is 12.2 Å². The van der Waals surface area contributed by atoms with Crippen LogP contribution in [0.5, 0.6) is 0 Å². The Kier molecular flexibility index (Phi) is 5.43. The maximum atomic E-state index is 10.8. The summed E-state index contributed by atoms with van der Waals surface area (Å²) < 4.78 is 0. The van der Waals surface area contributed by atoms with E-state index in [0.717, 1.165) is 12.8 Å². The fourth-order valence-corrected chi connectivity index (χ4v) is 0.947. The second-order valence-electron chi connectivity index (χ2n) is 2.44. The van der Waals surface area contributed by atoms with Gasteiger partial charge in [0.05, 0.1) is 0 Å². The van der Waals surface area contributed by atoms with Crippen LogP contribution < -0.4 is 0 Å². The third-order valence-corrected chi connectivity index (χ3v) is 1.40. The molecular formula is C8H15NO2. The molecule has 3 heteroatoms. The number of rotatable bonds is 5. The van der Waals surface area contributed by atoms with E-state index in [4.69, 9.17) is 0 Å². The van der Waals surface area contributed by atoms with Crippen LogP contribution in [0.1, 0.15) is 26.7 Å². The van der Waals surface area contributed by atoms with Gasteiger partial charge in [-0.2, -0.15) is 0 Å². The van der Waals surface area contributed by atoms with Crippen LogP contribution in [-0.4, -0.2) is 30.2 Å². The zero-order valence-electron chi connectivity index (χ0n) is 7.17. The fourth-order valence-electron chi connectivity index (χ4n) is 0.947. The highest BCUT2D eigenvalue weighted by Crippen LogP contribution is 1.92. The van der Waals surface area contributed by atoms with Gasteiger partial charge in [-0.25, -0.2) is 0 Å². The van der Waals surface area contributed by atoms with E-state index in [1.807, 2.05) is 13.8 Å². The van der Waals surface area contributed by atoms with E-state index < -0.39 is 5.91 Å². The lowest BCUT2D eigenvalue weighted by Gasteiger charge is -2.17. The van der Waals surface area contributed by atoms with Crippen LogP contribution in [-0.2, 0) is 9.59 Å². The summed E-state index contributed by atoms with van der Waals surface area (Å²) in [5.41, 5.74) is 0. The summed E-state index contributed by atoms with van der Waals surface area (Å²) in [6, 6.07) is 0. The van der Waals surface area contributed by atoms with Gasteiger partial charge in [0.15, 0.2) is 0 Å². The van der Waals surface area contributed by atoms with Gasteiger partial charge in [-0.1, -0.05) is 13.8 Å². The molecule has 0 fully saturated rings. The van der Waals surface area contributed by atoms with Crippen LogP contribution in [0, 0.1) is 0 Å². The molecule has 0 bridgehead atoms. The largest absolute Gasteiger partial charge is 0.336 e. The average molecular weight is 157 g/mol. The predicted octanol–water partition coefficient (Wildman–Crippen LogP) is 0.834. The molecular weight excluding hydrogens is 142 g/mol. The van der Waals surface area contributed by atoms with Crippen molar-refractivity contribution in [2.24, 2.45) is 0 Å². The lowest BCUT2D eigenvalue weighted by molar-refractivity contribution is -0.138. The molecule has 0 radical (unpaired) electrons. The maximum Gasteiger partial charge on any atom is 0.286 e. The summed E-state index contributed by atoms with van der Waals surface area (Å²) in [6.07, 6.45) is 2.18. The Labute approximate surface area is 67.4 Å². The molecule has 64 valence electrons. The summed E-state index contributed by atoms with van der Waals surface area (Å²) in [7, 11) is 0. The second-order valence-corrected chi connectivity index (χ2v) is 2.44. The molecule has 0 aromatic heterocycles. The molecule has 0 unspecified atom stereocenters. The van der Waals surface area contributed by atoms with Crippen LogP contribution in [0.15, 0.2) is 0 Å².